The topological polar surface area (TPSA) is 68.0 Å². The lowest BCUT2D eigenvalue weighted by molar-refractivity contribution is 0.939. The van der Waals surface area contributed by atoms with Crippen LogP contribution in [0.3, 0.4) is 0 Å². The van der Waals surface area contributed by atoms with Crippen molar-refractivity contribution >= 4 is 38.8 Å². The average Bonchev–Trinajstić information content (AvgIpc) is 3.01. The van der Waals surface area contributed by atoms with Gasteiger partial charge in [0.2, 0.25) is 0 Å². The maximum Gasteiger partial charge on any atom is 0.140 e. The Morgan fingerprint density at radius 1 is 0.960 bits per heavy atom. The molecule has 0 radical (unpaired) electrons. The number of pyridine rings is 2. The van der Waals surface area contributed by atoms with Gasteiger partial charge in [0.15, 0.2) is 0 Å². The van der Waals surface area contributed by atoms with E-state index in [0.717, 1.165) is 38.8 Å². The van der Waals surface area contributed by atoms with Gasteiger partial charge in [-0.3, -0.25) is 4.98 Å². The molecule has 120 valence electrons. The summed E-state index contributed by atoms with van der Waals surface area (Å²) in [5.41, 5.74) is 4.80. The molecular formula is C19H14N6. The zero-order valence-electron chi connectivity index (χ0n) is 13.5. The third-order valence-electron chi connectivity index (χ3n) is 4.25. The van der Waals surface area contributed by atoms with E-state index in [9.17, 15) is 0 Å². The summed E-state index contributed by atoms with van der Waals surface area (Å²) in [6, 6.07) is 12.1. The van der Waals surface area contributed by atoms with Gasteiger partial charge in [0.05, 0.1) is 5.52 Å². The number of hydrogen-bond donors (Lipinski definition) is 1. The third-order valence-corrected chi connectivity index (χ3v) is 4.25. The normalized spacial score (nSPS) is 11.4. The van der Waals surface area contributed by atoms with E-state index >= 15 is 0 Å². The molecule has 0 amide bonds. The standard InChI is InChI=1S/C19H14N6/c1-12-3-2-4-13(9-12)22-19-15-10-20-7-5-14(15)17-18(23-19)16-6-8-21-11-25(16)24-17/h2-11H,1H3,(H,22,23). The molecule has 0 fully saturated rings. The Bertz CT molecular complexity index is 1240. The number of benzene rings is 1. The Morgan fingerprint density at radius 2 is 1.88 bits per heavy atom. The summed E-state index contributed by atoms with van der Waals surface area (Å²) < 4.78 is 1.76. The highest BCUT2D eigenvalue weighted by Crippen LogP contribution is 2.31. The van der Waals surface area contributed by atoms with Crippen molar-refractivity contribution in [2.45, 2.75) is 6.92 Å². The highest BCUT2D eigenvalue weighted by atomic mass is 15.2. The van der Waals surface area contributed by atoms with Crippen LogP contribution >= 0.6 is 0 Å². The molecule has 0 unspecified atom stereocenters. The second-order valence-corrected chi connectivity index (χ2v) is 5.98. The summed E-state index contributed by atoms with van der Waals surface area (Å²) >= 11 is 0. The first kappa shape index (κ1) is 13.9. The molecule has 5 aromatic rings. The number of nitrogens with zero attached hydrogens (tertiary/aromatic N) is 5. The van der Waals surface area contributed by atoms with Crippen molar-refractivity contribution in [1.82, 2.24) is 24.6 Å². The van der Waals surface area contributed by atoms with Crippen molar-refractivity contribution < 1.29 is 0 Å². The van der Waals surface area contributed by atoms with Gasteiger partial charge in [0.25, 0.3) is 0 Å². The zero-order valence-corrected chi connectivity index (χ0v) is 13.5. The quantitative estimate of drug-likeness (QED) is 0.533. The van der Waals surface area contributed by atoms with E-state index in [1.807, 2.05) is 30.5 Å². The fraction of sp³-hybridized carbons (Fsp3) is 0.0526. The monoisotopic (exact) mass is 326 g/mol. The van der Waals surface area contributed by atoms with Crippen molar-refractivity contribution in [3.8, 4) is 0 Å². The van der Waals surface area contributed by atoms with Gasteiger partial charge in [-0.1, -0.05) is 12.1 Å². The highest BCUT2D eigenvalue weighted by Gasteiger charge is 2.14. The summed E-state index contributed by atoms with van der Waals surface area (Å²) in [5, 5.41) is 10.0. The predicted octanol–water partition coefficient (Wildman–Crippen LogP) is 3.88. The first-order chi connectivity index (χ1) is 12.3. The molecule has 5 rings (SSSR count). The van der Waals surface area contributed by atoms with Crippen molar-refractivity contribution in [2.75, 3.05) is 5.32 Å². The van der Waals surface area contributed by atoms with E-state index in [2.05, 4.69) is 39.4 Å². The van der Waals surface area contributed by atoms with E-state index < -0.39 is 0 Å². The molecule has 0 aliphatic heterocycles. The Morgan fingerprint density at radius 3 is 2.80 bits per heavy atom. The van der Waals surface area contributed by atoms with Gasteiger partial charge in [-0.15, -0.1) is 0 Å². The Balaban J connectivity index is 1.83. The molecule has 6 nitrogen and oxygen atoms in total. The summed E-state index contributed by atoms with van der Waals surface area (Å²) in [5.74, 6) is 0.771. The second-order valence-electron chi connectivity index (χ2n) is 5.98. The molecule has 0 saturated carbocycles. The lowest BCUT2D eigenvalue weighted by Gasteiger charge is -2.10. The molecule has 1 N–H and O–H groups in total. The predicted molar refractivity (Wildman–Crippen MR) is 98.1 cm³/mol. The van der Waals surface area contributed by atoms with E-state index in [4.69, 9.17) is 4.98 Å². The lowest BCUT2D eigenvalue weighted by Crippen LogP contribution is -1.96. The van der Waals surface area contributed by atoms with Crippen LogP contribution in [0.5, 0.6) is 0 Å². The van der Waals surface area contributed by atoms with Crippen molar-refractivity contribution in [3.63, 3.8) is 0 Å². The van der Waals surface area contributed by atoms with Crippen molar-refractivity contribution in [1.29, 1.82) is 0 Å². The smallest absolute Gasteiger partial charge is 0.140 e. The Hall–Kier alpha value is -3.54. The van der Waals surface area contributed by atoms with Gasteiger partial charge in [0.1, 0.15) is 23.2 Å². The molecule has 6 heteroatoms. The molecule has 4 aromatic heterocycles. The van der Waals surface area contributed by atoms with Gasteiger partial charge in [-0.25, -0.2) is 14.5 Å². The van der Waals surface area contributed by atoms with Crippen LogP contribution in [0, 0.1) is 6.92 Å². The fourth-order valence-corrected chi connectivity index (χ4v) is 3.11. The molecule has 0 atom stereocenters. The second kappa shape index (κ2) is 5.24. The molecular weight excluding hydrogens is 312 g/mol. The van der Waals surface area contributed by atoms with Crippen LogP contribution in [0.4, 0.5) is 11.5 Å². The van der Waals surface area contributed by atoms with Crippen LogP contribution in [-0.2, 0) is 0 Å². The highest BCUT2D eigenvalue weighted by molar-refractivity contribution is 6.12. The van der Waals surface area contributed by atoms with E-state index in [0.29, 0.717) is 0 Å². The number of aromatic nitrogens is 5. The maximum atomic E-state index is 4.85. The first-order valence-corrected chi connectivity index (χ1v) is 7.99. The number of nitrogens with one attached hydrogen (secondary N) is 1. The van der Waals surface area contributed by atoms with Crippen LogP contribution < -0.4 is 5.32 Å². The Kier molecular flexibility index (Phi) is 2.90. The molecule has 0 aliphatic carbocycles. The summed E-state index contributed by atoms with van der Waals surface area (Å²) in [6.45, 7) is 2.07. The lowest BCUT2D eigenvalue weighted by atomic mass is 10.1. The summed E-state index contributed by atoms with van der Waals surface area (Å²) in [4.78, 5) is 13.3. The maximum absolute atomic E-state index is 4.85. The molecule has 1 aromatic carbocycles. The Labute approximate surface area is 143 Å². The molecule has 0 spiro atoms. The van der Waals surface area contributed by atoms with Gasteiger partial charge >= 0.3 is 0 Å². The van der Waals surface area contributed by atoms with Crippen LogP contribution in [0.2, 0.25) is 0 Å². The minimum Gasteiger partial charge on any atom is -0.340 e. The van der Waals surface area contributed by atoms with Crippen molar-refractivity contribution in [2.24, 2.45) is 0 Å². The fourth-order valence-electron chi connectivity index (χ4n) is 3.11. The number of anilines is 2. The van der Waals surface area contributed by atoms with Crippen LogP contribution in [0.1, 0.15) is 5.56 Å². The van der Waals surface area contributed by atoms with Gasteiger partial charge in [-0.05, 0) is 36.8 Å². The van der Waals surface area contributed by atoms with Gasteiger partial charge < -0.3 is 5.32 Å². The van der Waals surface area contributed by atoms with E-state index in [1.54, 1.807) is 23.2 Å². The third kappa shape index (κ3) is 2.19. The SMILES string of the molecule is Cc1cccc(Nc2nc3c(nn4cnccc34)c3ccncc23)c1. The summed E-state index contributed by atoms with van der Waals surface area (Å²) in [7, 11) is 0. The van der Waals surface area contributed by atoms with Gasteiger partial charge in [-0.2, -0.15) is 5.10 Å². The van der Waals surface area contributed by atoms with Crippen molar-refractivity contribution in [3.05, 3.63) is 66.9 Å². The van der Waals surface area contributed by atoms with E-state index in [1.165, 1.54) is 5.56 Å². The first-order valence-electron chi connectivity index (χ1n) is 7.99. The van der Waals surface area contributed by atoms with Crippen LogP contribution in [-0.4, -0.2) is 24.6 Å². The van der Waals surface area contributed by atoms with Crippen LogP contribution in [0.25, 0.3) is 27.3 Å². The molecule has 25 heavy (non-hydrogen) atoms. The number of hydrogen-bond acceptors (Lipinski definition) is 5. The molecule has 0 bridgehead atoms. The number of rotatable bonds is 2. The number of aryl methyl sites for hydroxylation is 1. The van der Waals surface area contributed by atoms with E-state index in [-0.39, 0.29) is 0 Å². The largest absolute Gasteiger partial charge is 0.340 e. The number of fused-ring (bicyclic) bond motifs is 5. The average molecular weight is 326 g/mol. The minimum atomic E-state index is 0.771. The molecule has 0 aliphatic rings. The molecule has 0 saturated heterocycles. The molecule has 4 heterocycles. The zero-order chi connectivity index (χ0) is 16.8. The van der Waals surface area contributed by atoms with Gasteiger partial charge in [0, 0.05) is 35.1 Å². The summed E-state index contributed by atoms with van der Waals surface area (Å²) in [6.07, 6.45) is 7.04. The minimum absolute atomic E-state index is 0.771. The van der Waals surface area contributed by atoms with Crippen LogP contribution in [0.15, 0.2) is 61.3 Å².